The number of unbranched alkanes of at least 4 members (excludes halogenated alkanes) is 15. The molecule has 0 bridgehead atoms. The Hall–Kier alpha value is -0.520. The number of aromatic nitrogens is 1. The van der Waals surface area contributed by atoms with E-state index in [2.05, 4.69) is 4.98 Å². The minimum absolute atomic E-state index is 0.421. The third kappa shape index (κ3) is 19.9. The van der Waals surface area contributed by atoms with Crippen molar-refractivity contribution in [3.63, 3.8) is 0 Å². The molecule has 2 N–H and O–H groups in total. The Bertz CT molecular complexity index is 513. The van der Waals surface area contributed by atoms with Crippen LogP contribution >= 0.6 is 21.6 Å². The Morgan fingerprint density at radius 1 is 0.710 bits per heavy atom. The number of carbonyl (C=O) groups is 1. The normalized spacial score (nSPS) is 11.1. The minimum Gasteiger partial charge on any atom is -0.330 e. The van der Waals surface area contributed by atoms with Crippen molar-refractivity contribution < 1.29 is 4.79 Å². The van der Waals surface area contributed by atoms with Gasteiger partial charge in [-0.15, -0.1) is 0 Å². The van der Waals surface area contributed by atoms with Crippen molar-refractivity contribution in [2.45, 2.75) is 121 Å². The van der Waals surface area contributed by atoms with E-state index in [1.54, 1.807) is 21.6 Å². The molecule has 0 spiro atoms. The molecule has 1 heterocycles. The van der Waals surface area contributed by atoms with E-state index in [-0.39, 0.29) is 0 Å². The molecular weight excluding hydrogens is 420 g/mol. The van der Waals surface area contributed by atoms with Crippen LogP contribution < -0.4 is 5.73 Å². The number of rotatable bonds is 23. The monoisotopic (exact) mass is 466 g/mol. The van der Waals surface area contributed by atoms with E-state index < -0.39 is 0 Å². The molecule has 0 saturated carbocycles. The van der Waals surface area contributed by atoms with E-state index >= 15 is 0 Å². The van der Waals surface area contributed by atoms with Gasteiger partial charge in [0.25, 0.3) is 0 Å². The van der Waals surface area contributed by atoms with Gasteiger partial charge in [0.05, 0.1) is 0 Å². The number of ketones is 1. The molecule has 5 heteroatoms. The molecule has 3 nitrogen and oxygen atoms in total. The third-order valence-corrected chi connectivity index (χ3v) is 7.92. The number of Topliss-reactive ketones (excluding diaryl/α,β-unsaturated/α-hetero) is 1. The van der Waals surface area contributed by atoms with Gasteiger partial charge in [-0.25, -0.2) is 4.98 Å². The smallest absolute Gasteiger partial charge is 0.133 e. The lowest BCUT2D eigenvalue weighted by Gasteiger charge is -2.04. The number of carbonyl (C=O) groups excluding carboxylic acids is 1. The summed E-state index contributed by atoms with van der Waals surface area (Å²) in [6.45, 7) is 0.854. The zero-order valence-electron chi connectivity index (χ0n) is 19.7. The van der Waals surface area contributed by atoms with E-state index in [4.69, 9.17) is 5.73 Å². The van der Waals surface area contributed by atoms with E-state index in [1.807, 2.05) is 24.4 Å². The largest absolute Gasteiger partial charge is 0.330 e. The van der Waals surface area contributed by atoms with Crippen molar-refractivity contribution >= 4 is 27.4 Å². The van der Waals surface area contributed by atoms with Gasteiger partial charge in [-0.05, 0) is 42.3 Å². The van der Waals surface area contributed by atoms with Gasteiger partial charge < -0.3 is 5.73 Å². The maximum Gasteiger partial charge on any atom is 0.133 e. The SMILES string of the molecule is NCCCCCCCCCCCCCCCCCCC(=O)CCSSc1ccccn1. The number of pyridine rings is 1. The van der Waals surface area contributed by atoms with E-state index in [1.165, 1.54) is 96.3 Å². The highest BCUT2D eigenvalue weighted by atomic mass is 33.1. The average Bonchev–Trinajstić information content (AvgIpc) is 2.79. The molecular formula is C26H46N2OS2. The summed E-state index contributed by atoms with van der Waals surface area (Å²) in [5.41, 5.74) is 5.52. The quantitative estimate of drug-likeness (QED) is 0.130. The van der Waals surface area contributed by atoms with Crippen molar-refractivity contribution in [2.24, 2.45) is 5.73 Å². The van der Waals surface area contributed by atoms with E-state index in [0.29, 0.717) is 12.2 Å². The molecule has 0 radical (unpaired) electrons. The zero-order chi connectivity index (χ0) is 22.2. The van der Waals surface area contributed by atoms with Crippen LogP contribution in [0.5, 0.6) is 0 Å². The Labute approximate surface area is 199 Å². The highest BCUT2D eigenvalue weighted by Gasteiger charge is 2.03. The minimum atomic E-state index is 0.421. The van der Waals surface area contributed by atoms with Crippen molar-refractivity contribution in [3.05, 3.63) is 24.4 Å². The summed E-state index contributed by atoms with van der Waals surface area (Å²) in [4.78, 5) is 16.2. The lowest BCUT2D eigenvalue weighted by atomic mass is 10.0. The molecule has 0 aliphatic carbocycles. The fourth-order valence-corrected chi connectivity index (χ4v) is 5.63. The van der Waals surface area contributed by atoms with Crippen LogP contribution in [0.3, 0.4) is 0 Å². The molecule has 0 aliphatic heterocycles. The number of hydrogen-bond acceptors (Lipinski definition) is 5. The first-order valence-electron chi connectivity index (χ1n) is 12.7. The van der Waals surface area contributed by atoms with Crippen LogP contribution in [0.15, 0.2) is 29.4 Å². The Balaban J connectivity index is 1.73. The molecule has 0 unspecified atom stereocenters. The Kier molecular flexibility index (Phi) is 20.8. The molecule has 0 fully saturated rings. The maximum absolute atomic E-state index is 12.0. The van der Waals surface area contributed by atoms with Crippen molar-refractivity contribution in [1.29, 1.82) is 0 Å². The van der Waals surface area contributed by atoms with Crippen LogP contribution in [0, 0.1) is 0 Å². The van der Waals surface area contributed by atoms with Gasteiger partial charge >= 0.3 is 0 Å². The molecule has 31 heavy (non-hydrogen) atoms. The molecule has 1 aromatic rings. The maximum atomic E-state index is 12.0. The van der Waals surface area contributed by atoms with Crippen LogP contribution in [0.2, 0.25) is 0 Å². The summed E-state index contributed by atoms with van der Waals surface area (Å²) >= 11 is 0. The molecule has 178 valence electrons. The first-order valence-corrected chi connectivity index (χ1v) is 15.1. The fraction of sp³-hybridized carbons (Fsp3) is 0.769. The van der Waals surface area contributed by atoms with Crippen LogP contribution in [0.4, 0.5) is 0 Å². The van der Waals surface area contributed by atoms with E-state index in [0.717, 1.165) is 30.2 Å². The van der Waals surface area contributed by atoms with Gasteiger partial charge in [-0.2, -0.15) is 0 Å². The molecule has 0 aromatic carbocycles. The fourth-order valence-electron chi connectivity index (χ4n) is 3.72. The van der Waals surface area contributed by atoms with Gasteiger partial charge in [0, 0.05) is 24.8 Å². The summed E-state index contributed by atoms with van der Waals surface area (Å²) in [6.07, 6.45) is 24.7. The van der Waals surface area contributed by atoms with E-state index in [9.17, 15) is 4.79 Å². The van der Waals surface area contributed by atoms with Crippen molar-refractivity contribution in [3.8, 4) is 0 Å². The van der Waals surface area contributed by atoms with Crippen LogP contribution in [0.1, 0.15) is 116 Å². The zero-order valence-corrected chi connectivity index (χ0v) is 21.3. The molecule has 0 saturated heterocycles. The predicted molar refractivity (Wildman–Crippen MR) is 140 cm³/mol. The van der Waals surface area contributed by atoms with Gasteiger partial charge in [0.1, 0.15) is 10.8 Å². The lowest BCUT2D eigenvalue weighted by Crippen LogP contribution is -1.98. The van der Waals surface area contributed by atoms with Crippen molar-refractivity contribution in [2.75, 3.05) is 12.3 Å². The first-order chi connectivity index (χ1) is 15.3. The van der Waals surface area contributed by atoms with Gasteiger partial charge in [-0.1, -0.05) is 107 Å². The molecule has 1 aromatic heterocycles. The summed E-state index contributed by atoms with van der Waals surface area (Å²) in [5, 5.41) is 1.02. The number of nitrogens with zero attached hydrogens (tertiary/aromatic N) is 1. The summed E-state index contributed by atoms with van der Waals surface area (Å²) in [5.74, 6) is 1.30. The number of hydrogen-bond donors (Lipinski definition) is 1. The molecule has 0 aliphatic rings. The van der Waals surface area contributed by atoms with Crippen LogP contribution in [-0.4, -0.2) is 23.1 Å². The highest BCUT2D eigenvalue weighted by Crippen LogP contribution is 2.29. The summed E-state index contributed by atoms with van der Waals surface area (Å²) in [6, 6.07) is 5.93. The lowest BCUT2D eigenvalue weighted by molar-refractivity contribution is -0.118. The second-order valence-corrected chi connectivity index (χ2v) is 11.0. The number of nitrogens with two attached hydrogens (primary N) is 1. The molecule has 0 amide bonds. The molecule has 1 rings (SSSR count). The third-order valence-electron chi connectivity index (χ3n) is 5.66. The first kappa shape index (κ1) is 28.5. The standard InChI is InChI=1S/C26H46N2OS2/c27-22-17-14-12-10-8-6-4-2-1-3-5-7-9-11-13-15-19-25(29)21-24-30-31-26-20-16-18-23-28-26/h16,18,20,23H,1-15,17,19,21-22,24,27H2. The van der Waals surface area contributed by atoms with Crippen LogP contribution in [-0.2, 0) is 4.79 Å². The van der Waals surface area contributed by atoms with Gasteiger partial charge in [0.2, 0.25) is 0 Å². The average molecular weight is 467 g/mol. The van der Waals surface area contributed by atoms with Gasteiger partial charge in [-0.3, -0.25) is 4.79 Å². The second kappa shape index (κ2) is 22.7. The second-order valence-electron chi connectivity index (χ2n) is 8.56. The van der Waals surface area contributed by atoms with Crippen molar-refractivity contribution in [1.82, 2.24) is 4.98 Å². The summed E-state index contributed by atoms with van der Waals surface area (Å²) < 4.78 is 0. The molecule has 0 atom stereocenters. The predicted octanol–water partition coefficient (Wildman–Crippen LogP) is 8.37. The summed E-state index contributed by atoms with van der Waals surface area (Å²) in [7, 11) is 3.39. The van der Waals surface area contributed by atoms with Gasteiger partial charge in [0.15, 0.2) is 0 Å². The van der Waals surface area contributed by atoms with Crippen LogP contribution in [0.25, 0.3) is 0 Å². The topological polar surface area (TPSA) is 56.0 Å². The Morgan fingerprint density at radius 3 is 1.71 bits per heavy atom. The Morgan fingerprint density at radius 2 is 1.23 bits per heavy atom. The highest BCUT2D eigenvalue weighted by molar-refractivity contribution is 8.76.